The van der Waals surface area contributed by atoms with Gasteiger partial charge in [-0.2, -0.15) is 0 Å². The van der Waals surface area contributed by atoms with Crippen molar-refractivity contribution in [2.75, 3.05) is 46.6 Å². The molecule has 0 bridgehead atoms. The third-order valence-electron chi connectivity index (χ3n) is 5.99. The van der Waals surface area contributed by atoms with E-state index in [1.807, 2.05) is 0 Å². The van der Waals surface area contributed by atoms with E-state index in [0.29, 0.717) is 56.3 Å². The molecule has 0 saturated carbocycles. The number of rotatable bonds is 6. The van der Waals surface area contributed by atoms with Crippen LogP contribution in [0.5, 0.6) is 11.5 Å². The van der Waals surface area contributed by atoms with E-state index in [1.54, 1.807) is 19.1 Å². The molecule has 3 heterocycles. The molecule has 1 aromatic rings. The third-order valence-corrected chi connectivity index (χ3v) is 5.99. The summed E-state index contributed by atoms with van der Waals surface area (Å²) in [6.07, 6.45) is 1.44. The molecule has 2 saturated heterocycles. The number of benzene rings is 1. The molecule has 1 spiro atoms. The molecular weight excluding hydrogens is 418 g/mol. The van der Waals surface area contributed by atoms with Crippen LogP contribution < -0.4 is 15.4 Å². The number of likely N-dealkylation sites (tertiary alicyclic amines) is 1. The summed E-state index contributed by atoms with van der Waals surface area (Å²) < 4.78 is 22.1. The largest absolute Gasteiger partial charge is 0.504 e. The van der Waals surface area contributed by atoms with Crippen molar-refractivity contribution in [2.45, 2.75) is 31.6 Å². The second-order valence-corrected chi connectivity index (χ2v) is 7.96. The van der Waals surface area contributed by atoms with Crippen molar-refractivity contribution in [1.29, 1.82) is 0 Å². The number of amides is 2. The van der Waals surface area contributed by atoms with Crippen LogP contribution in [0.25, 0.3) is 0 Å². The van der Waals surface area contributed by atoms with Gasteiger partial charge >= 0.3 is 12.0 Å². The van der Waals surface area contributed by atoms with E-state index in [2.05, 4.69) is 15.5 Å². The zero-order chi connectivity index (χ0) is 22.7. The topological polar surface area (TPSA) is 119 Å². The van der Waals surface area contributed by atoms with Crippen molar-refractivity contribution in [3.8, 4) is 11.5 Å². The van der Waals surface area contributed by atoms with Crippen LogP contribution in [-0.2, 0) is 19.0 Å². The summed E-state index contributed by atoms with van der Waals surface area (Å²) in [5.74, 6) is -0.781. The molecule has 3 aliphatic rings. The lowest BCUT2D eigenvalue weighted by molar-refractivity contribution is -0.184. The molecule has 0 aromatic heterocycles. The number of hydrogen-bond acceptors (Lipinski definition) is 8. The summed E-state index contributed by atoms with van der Waals surface area (Å²) in [4.78, 5) is 27.4. The first kappa shape index (κ1) is 22.4. The summed E-state index contributed by atoms with van der Waals surface area (Å²) in [6, 6.07) is 3.58. The average molecular weight is 447 g/mol. The highest BCUT2D eigenvalue weighted by Crippen LogP contribution is 2.35. The van der Waals surface area contributed by atoms with Gasteiger partial charge in [-0.05, 0) is 24.6 Å². The third kappa shape index (κ3) is 4.52. The second kappa shape index (κ2) is 9.35. The molecule has 174 valence electrons. The predicted molar refractivity (Wildman–Crippen MR) is 113 cm³/mol. The Balaban J connectivity index is 1.61. The van der Waals surface area contributed by atoms with Gasteiger partial charge in [0.15, 0.2) is 17.3 Å². The van der Waals surface area contributed by atoms with Gasteiger partial charge in [0.2, 0.25) is 0 Å². The number of esters is 1. The van der Waals surface area contributed by atoms with E-state index in [1.165, 1.54) is 13.2 Å². The molecule has 0 radical (unpaired) electrons. The first-order valence-electron chi connectivity index (χ1n) is 10.8. The summed E-state index contributed by atoms with van der Waals surface area (Å²) in [7, 11) is 1.31. The molecule has 0 aliphatic carbocycles. The van der Waals surface area contributed by atoms with Gasteiger partial charge in [-0.1, -0.05) is 6.07 Å². The predicted octanol–water partition coefficient (Wildman–Crippen LogP) is 1.41. The van der Waals surface area contributed by atoms with Crippen molar-refractivity contribution >= 4 is 12.0 Å². The number of urea groups is 1. The Morgan fingerprint density at radius 2 is 2.00 bits per heavy atom. The second-order valence-electron chi connectivity index (χ2n) is 7.96. The summed E-state index contributed by atoms with van der Waals surface area (Å²) >= 11 is 0. The van der Waals surface area contributed by atoms with Crippen molar-refractivity contribution < 1.29 is 33.6 Å². The van der Waals surface area contributed by atoms with Crippen LogP contribution in [0.1, 0.15) is 31.4 Å². The molecule has 3 N–H and O–H groups in total. The number of methoxy groups -OCH3 is 1. The lowest BCUT2D eigenvalue weighted by Gasteiger charge is -2.39. The number of nitrogens with zero attached hydrogens (tertiary/aromatic N) is 1. The van der Waals surface area contributed by atoms with Crippen LogP contribution >= 0.6 is 0 Å². The highest BCUT2D eigenvalue weighted by Gasteiger charge is 2.41. The van der Waals surface area contributed by atoms with E-state index >= 15 is 0 Å². The van der Waals surface area contributed by atoms with Gasteiger partial charge in [-0.15, -0.1) is 0 Å². The maximum absolute atomic E-state index is 12.8. The normalized spacial score (nSPS) is 23.1. The van der Waals surface area contributed by atoms with Crippen LogP contribution in [-0.4, -0.2) is 74.4 Å². The molecule has 10 nitrogen and oxygen atoms in total. The quantitative estimate of drug-likeness (QED) is 0.560. The minimum absolute atomic E-state index is 0.0155. The molecule has 1 unspecified atom stereocenters. The number of ether oxygens (including phenoxy) is 4. The van der Waals surface area contributed by atoms with Crippen molar-refractivity contribution in [3.05, 3.63) is 35.0 Å². The highest BCUT2D eigenvalue weighted by molar-refractivity contribution is 5.95. The molecular formula is C22H29N3O7. The number of carbonyl (C=O) groups excluding carboxylic acids is 2. The number of nitrogens with one attached hydrogen (secondary N) is 2. The Kier molecular flexibility index (Phi) is 6.54. The first-order valence-corrected chi connectivity index (χ1v) is 10.8. The van der Waals surface area contributed by atoms with Crippen LogP contribution in [0.3, 0.4) is 0 Å². The monoisotopic (exact) mass is 447 g/mol. The number of hydrogen-bond donors (Lipinski definition) is 3. The summed E-state index contributed by atoms with van der Waals surface area (Å²) in [5.41, 5.74) is 1.40. The van der Waals surface area contributed by atoms with Gasteiger partial charge in [0.1, 0.15) is 0 Å². The lowest BCUT2D eigenvalue weighted by Crippen LogP contribution is -2.51. The van der Waals surface area contributed by atoms with Crippen LogP contribution in [0, 0.1) is 0 Å². The number of phenols is 1. The van der Waals surface area contributed by atoms with Crippen molar-refractivity contribution in [2.24, 2.45) is 0 Å². The van der Waals surface area contributed by atoms with Gasteiger partial charge in [0.25, 0.3) is 0 Å². The zero-order valence-corrected chi connectivity index (χ0v) is 18.3. The minimum atomic E-state index is -0.747. The molecule has 3 aliphatic heterocycles. The van der Waals surface area contributed by atoms with Gasteiger partial charge in [-0.25, -0.2) is 9.59 Å². The first-order chi connectivity index (χ1) is 15.4. The fourth-order valence-corrected chi connectivity index (χ4v) is 4.39. The molecule has 1 atom stereocenters. The highest BCUT2D eigenvalue weighted by atomic mass is 16.7. The van der Waals surface area contributed by atoms with E-state index < -0.39 is 23.8 Å². The number of phenolic OH excluding ortho intramolecular Hbond substituents is 1. The van der Waals surface area contributed by atoms with E-state index in [0.717, 1.165) is 12.8 Å². The zero-order valence-electron chi connectivity index (χ0n) is 18.3. The fraction of sp³-hybridized carbons (Fsp3) is 0.545. The Labute approximate surface area is 186 Å². The Bertz CT molecular complexity index is 901. The molecule has 2 fully saturated rings. The van der Waals surface area contributed by atoms with E-state index in [-0.39, 0.29) is 11.5 Å². The average Bonchev–Trinajstić information content (AvgIpc) is 3.24. The number of carbonyl (C=O) groups is 2. The summed E-state index contributed by atoms with van der Waals surface area (Å²) in [6.45, 7) is 5.18. The number of aromatic hydroxyl groups is 1. The smallest absolute Gasteiger partial charge is 0.338 e. The lowest BCUT2D eigenvalue weighted by atomic mass is 9.94. The molecule has 1 aromatic carbocycles. The van der Waals surface area contributed by atoms with E-state index in [9.17, 15) is 14.7 Å². The molecule has 4 rings (SSSR count). The van der Waals surface area contributed by atoms with Crippen LogP contribution in [0.4, 0.5) is 4.79 Å². The standard InChI is InChI=1S/C22H29N3O7/c1-3-30-17-12-14(4-5-16(17)26)19-18(20(27)29-2)15(23-21(28)24-19)13-25-8-6-22(7-9-25)31-10-11-32-22/h4-5,12,19,26H,3,6-11,13H2,1-2H3,(H2,23,24,28). The Hall–Kier alpha value is -2.82. The van der Waals surface area contributed by atoms with Gasteiger partial charge < -0.3 is 34.7 Å². The molecule has 10 heteroatoms. The maximum Gasteiger partial charge on any atom is 0.338 e. The number of piperidine rings is 1. The minimum Gasteiger partial charge on any atom is -0.504 e. The van der Waals surface area contributed by atoms with Crippen molar-refractivity contribution in [3.63, 3.8) is 0 Å². The summed E-state index contributed by atoms with van der Waals surface area (Å²) in [5, 5.41) is 15.6. The Morgan fingerprint density at radius 1 is 1.28 bits per heavy atom. The van der Waals surface area contributed by atoms with Crippen molar-refractivity contribution in [1.82, 2.24) is 15.5 Å². The van der Waals surface area contributed by atoms with Crippen LogP contribution in [0.2, 0.25) is 0 Å². The molecule has 32 heavy (non-hydrogen) atoms. The molecule has 2 amide bonds. The van der Waals surface area contributed by atoms with Gasteiger partial charge in [-0.3, -0.25) is 4.90 Å². The SMILES string of the molecule is CCOc1cc(C2NC(=O)NC(CN3CCC4(CC3)OCCO4)=C2C(=O)OC)ccc1O. The Morgan fingerprint density at radius 3 is 2.66 bits per heavy atom. The van der Waals surface area contributed by atoms with Crippen LogP contribution in [0.15, 0.2) is 29.5 Å². The van der Waals surface area contributed by atoms with E-state index in [4.69, 9.17) is 18.9 Å². The van der Waals surface area contributed by atoms with Gasteiger partial charge in [0.05, 0.1) is 38.5 Å². The maximum atomic E-state index is 12.8. The fourth-order valence-electron chi connectivity index (χ4n) is 4.39. The van der Waals surface area contributed by atoms with Gasteiger partial charge in [0, 0.05) is 38.2 Å².